The van der Waals surface area contributed by atoms with Crippen LogP contribution in [0.2, 0.25) is 0 Å². The second-order valence-corrected chi connectivity index (χ2v) is 5.64. The summed E-state index contributed by atoms with van der Waals surface area (Å²) in [6, 6.07) is 8.05. The van der Waals surface area contributed by atoms with Gasteiger partial charge in [-0.2, -0.15) is 0 Å². The molecule has 22 heavy (non-hydrogen) atoms. The Kier molecular flexibility index (Phi) is 4.39. The van der Waals surface area contributed by atoms with Gasteiger partial charge in [0.05, 0.1) is 12.7 Å². The summed E-state index contributed by atoms with van der Waals surface area (Å²) in [6.45, 7) is 4.26. The minimum absolute atomic E-state index is 0.0448. The Balaban J connectivity index is 1.56. The molecule has 1 aromatic heterocycles. The fourth-order valence-electron chi connectivity index (χ4n) is 2.58. The quantitative estimate of drug-likeness (QED) is 0.894. The third-order valence-electron chi connectivity index (χ3n) is 3.93. The zero-order valence-corrected chi connectivity index (χ0v) is 12.7. The first-order valence-corrected chi connectivity index (χ1v) is 7.51. The molecule has 2 N–H and O–H groups in total. The summed E-state index contributed by atoms with van der Waals surface area (Å²) >= 11 is 0. The van der Waals surface area contributed by atoms with Crippen LogP contribution < -0.4 is 10.2 Å². The fourth-order valence-corrected chi connectivity index (χ4v) is 2.58. The van der Waals surface area contributed by atoms with Crippen LogP contribution in [0.4, 0.5) is 11.4 Å². The number of piperazine rings is 1. The van der Waals surface area contributed by atoms with Gasteiger partial charge in [0.15, 0.2) is 0 Å². The van der Waals surface area contributed by atoms with E-state index in [2.05, 4.69) is 44.3 Å². The zero-order valence-electron chi connectivity index (χ0n) is 12.7. The first-order chi connectivity index (χ1) is 10.7. The highest BCUT2D eigenvalue weighted by molar-refractivity contribution is 5.92. The number of benzene rings is 1. The number of likely N-dealkylation sites (N-methyl/N-ethyl adjacent to an activating group) is 1. The smallest absolute Gasteiger partial charge is 0.230 e. The van der Waals surface area contributed by atoms with Crippen LogP contribution in [-0.2, 0) is 11.2 Å². The van der Waals surface area contributed by atoms with Gasteiger partial charge in [0.25, 0.3) is 0 Å². The standard InChI is InChI=1S/C16H21N5O/c1-20-6-8-21(9-7-20)15-4-2-13(3-5-15)19-16(22)10-14-11-17-12-18-14/h2-5,11-12H,6-10H2,1H3,(H,17,18)(H,19,22). The van der Waals surface area contributed by atoms with Gasteiger partial charge >= 0.3 is 0 Å². The van der Waals surface area contributed by atoms with E-state index in [1.807, 2.05) is 12.1 Å². The Hall–Kier alpha value is -2.34. The molecule has 1 aliphatic rings. The van der Waals surface area contributed by atoms with Crippen molar-refractivity contribution in [3.8, 4) is 0 Å². The van der Waals surface area contributed by atoms with Crippen molar-refractivity contribution in [2.45, 2.75) is 6.42 Å². The molecule has 0 atom stereocenters. The number of carbonyl (C=O) groups is 1. The number of nitrogens with zero attached hydrogens (tertiary/aromatic N) is 3. The summed E-state index contributed by atoms with van der Waals surface area (Å²) in [7, 11) is 2.15. The maximum absolute atomic E-state index is 11.9. The van der Waals surface area contributed by atoms with Crippen molar-refractivity contribution in [3.63, 3.8) is 0 Å². The molecule has 0 unspecified atom stereocenters. The molecule has 1 amide bonds. The number of imidazole rings is 1. The average Bonchev–Trinajstić information content (AvgIpc) is 3.02. The molecule has 0 aliphatic carbocycles. The van der Waals surface area contributed by atoms with Gasteiger partial charge in [-0.15, -0.1) is 0 Å². The number of nitrogens with one attached hydrogen (secondary N) is 2. The first-order valence-electron chi connectivity index (χ1n) is 7.51. The maximum Gasteiger partial charge on any atom is 0.230 e. The summed E-state index contributed by atoms with van der Waals surface area (Å²) in [5.41, 5.74) is 2.84. The van der Waals surface area contributed by atoms with Gasteiger partial charge in [0.1, 0.15) is 0 Å². The van der Waals surface area contributed by atoms with Gasteiger partial charge in [0.2, 0.25) is 5.91 Å². The molecule has 1 aliphatic heterocycles. The van der Waals surface area contributed by atoms with Gasteiger partial charge in [0, 0.05) is 49.4 Å². The van der Waals surface area contributed by atoms with Gasteiger partial charge < -0.3 is 20.1 Å². The van der Waals surface area contributed by atoms with E-state index in [9.17, 15) is 4.79 Å². The third-order valence-corrected chi connectivity index (χ3v) is 3.93. The van der Waals surface area contributed by atoms with Crippen LogP contribution in [0.15, 0.2) is 36.8 Å². The molecule has 3 rings (SSSR count). The van der Waals surface area contributed by atoms with Crippen LogP contribution in [0.1, 0.15) is 5.69 Å². The molecule has 2 aromatic rings. The van der Waals surface area contributed by atoms with Gasteiger partial charge in [-0.25, -0.2) is 4.98 Å². The molecule has 1 fully saturated rings. The van der Waals surface area contributed by atoms with Crippen LogP contribution in [-0.4, -0.2) is 54.0 Å². The molecule has 116 valence electrons. The largest absolute Gasteiger partial charge is 0.369 e. The van der Waals surface area contributed by atoms with Gasteiger partial charge in [-0.3, -0.25) is 4.79 Å². The van der Waals surface area contributed by atoms with Gasteiger partial charge in [-0.05, 0) is 31.3 Å². The van der Waals surface area contributed by atoms with Crippen molar-refractivity contribution in [1.29, 1.82) is 0 Å². The molecule has 0 saturated carbocycles. The highest BCUT2D eigenvalue weighted by Gasteiger charge is 2.14. The SMILES string of the molecule is CN1CCN(c2ccc(NC(=O)Cc3cnc[nH]3)cc2)CC1. The van der Waals surface area contributed by atoms with Crippen LogP contribution >= 0.6 is 0 Å². The lowest BCUT2D eigenvalue weighted by Crippen LogP contribution is -2.44. The van der Waals surface area contributed by atoms with Crippen molar-refractivity contribution >= 4 is 17.3 Å². The number of amides is 1. The minimum Gasteiger partial charge on any atom is -0.369 e. The lowest BCUT2D eigenvalue weighted by Gasteiger charge is -2.34. The van der Waals surface area contributed by atoms with Crippen LogP contribution in [0.3, 0.4) is 0 Å². The van der Waals surface area contributed by atoms with E-state index in [1.165, 1.54) is 5.69 Å². The summed E-state index contributed by atoms with van der Waals surface area (Å²) in [5, 5.41) is 2.90. The Labute approximate surface area is 130 Å². The first kappa shape index (κ1) is 14.6. The predicted molar refractivity (Wildman–Crippen MR) is 87.1 cm³/mol. The lowest BCUT2D eigenvalue weighted by molar-refractivity contribution is -0.115. The van der Waals surface area contributed by atoms with Crippen LogP contribution in [0.25, 0.3) is 0 Å². The second kappa shape index (κ2) is 6.62. The number of aromatic amines is 1. The Bertz CT molecular complexity index is 600. The molecule has 6 nitrogen and oxygen atoms in total. The number of carbonyl (C=O) groups excluding carboxylic acids is 1. The fraction of sp³-hybridized carbons (Fsp3) is 0.375. The van der Waals surface area contributed by atoms with Crippen LogP contribution in [0, 0.1) is 0 Å². The summed E-state index contributed by atoms with van der Waals surface area (Å²) < 4.78 is 0. The molecule has 0 spiro atoms. The Morgan fingerprint density at radius 2 is 1.95 bits per heavy atom. The third kappa shape index (κ3) is 3.65. The van der Waals surface area contributed by atoms with E-state index in [1.54, 1.807) is 12.5 Å². The average molecular weight is 299 g/mol. The number of hydrogen-bond acceptors (Lipinski definition) is 4. The predicted octanol–water partition coefficient (Wildman–Crippen LogP) is 1.34. The lowest BCUT2D eigenvalue weighted by atomic mass is 10.2. The van der Waals surface area contributed by atoms with E-state index >= 15 is 0 Å². The van der Waals surface area contributed by atoms with E-state index in [0.29, 0.717) is 6.42 Å². The van der Waals surface area contributed by atoms with Crippen molar-refractivity contribution in [2.24, 2.45) is 0 Å². The highest BCUT2D eigenvalue weighted by Crippen LogP contribution is 2.19. The number of H-pyrrole nitrogens is 1. The maximum atomic E-state index is 11.9. The Morgan fingerprint density at radius 3 is 2.59 bits per heavy atom. The molecular formula is C16H21N5O. The highest BCUT2D eigenvalue weighted by atomic mass is 16.1. The number of rotatable bonds is 4. The van der Waals surface area contributed by atoms with E-state index < -0.39 is 0 Å². The number of anilines is 2. The zero-order chi connectivity index (χ0) is 15.4. The molecule has 6 heteroatoms. The number of hydrogen-bond donors (Lipinski definition) is 2. The van der Waals surface area contributed by atoms with Crippen molar-refractivity contribution in [1.82, 2.24) is 14.9 Å². The summed E-state index contributed by atoms with van der Waals surface area (Å²) in [5.74, 6) is -0.0448. The van der Waals surface area contributed by atoms with E-state index in [0.717, 1.165) is 37.6 Å². The molecule has 1 saturated heterocycles. The molecule has 1 aromatic carbocycles. The number of aromatic nitrogens is 2. The molecule has 0 radical (unpaired) electrons. The summed E-state index contributed by atoms with van der Waals surface area (Å²) in [4.78, 5) is 23.5. The van der Waals surface area contributed by atoms with E-state index in [4.69, 9.17) is 0 Å². The van der Waals surface area contributed by atoms with Crippen molar-refractivity contribution in [3.05, 3.63) is 42.5 Å². The van der Waals surface area contributed by atoms with Gasteiger partial charge in [-0.1, -0.05) is 0 Å². The Morgan fingerprint density at radius 1 is 1.23 bits per heavy atom. The van der Waals surface area contributed by atoms with Crippen molar-refractivity contribution < 1.29 is 4.79 Å². The normalized spacial score (nSPS) is 15.8. The second-order valence-electron chi connectivity index (χ2n) is 5.64. The molecular weight excluding hydrogens is 278 g/mol. The monoisotopic (exact) mass is 299 g/mol. The minimum atomic E-state index is -0.0448. The summed E-state index contributed by atoms with van der Waals surface area (Å²) in [6.07, 6.45) is 3.55. The topological polar surface area (TPSA) is 64.3 Å². The van der Waals surface area contributed by atoms with E-state index in [-0.39, 0.29) is 5.91 Å². The van der Waals surface area contributed by atoms with Crippen LogP contribution in [0.5, 0.6) is 0 Å². The molecule has 2 heterocycles. The molecule has 0 bridgehead atoms. The van der Waals surface area contributed by atoms with Crippen molar-refractivity contribution in [2.75, 3.05) is 43.4 Å².